The molecule has 0 heterocycles. The normalized spacial score (nSPS) is 17.8. The van der Waals surface area contributed by atoms with Gasteiger partial charge in [-0.15, -0.1) is 0 Å². The Balaban J connectivity index is 1.78. The Bertz CT molecular complexity index is 539. The summed E-state index contributed by atoms with van der Waals surface area (Å²) in [5.74, 6) is -0.248. The second-order valence-electron chi connectivity index (χ2n) is 6.93. The van der Waals surface area contributed by atoms with E-state index in [-0.39, 0.29) is 17.2 Å². The number of carbonyl (C=O) groups excluding carboxylic acids is 2. The summed E-state index contributed by atoms with van der Waals surface area (Å²) in [6, 6.07) is 9.17. The van der Waals surface area contributed by atoms with Crippen LogP contribution in [0.2, 0.25) is 0 Å². The standard InChI is InChI=1S/C19H29N3O2/c1-15(18(24)21-13-16-8-4-2-5-9-16)22-17(23)12-19(14-20)10-6-3-7-11-19/h2,4-5,8-9,15H,3,6-7,10-14,20H2,1H3,(H,21,24)(H,22,23). The maximum atomic E-state index is 12.3. The molecule has 0 aromatic heterocycles. The van der Waals surface area contributed by atoms with E-state index in [0.717, 1.165) is 31.2 Å². The summed E-state index contributed by atoms with van der Waals surface area (Å²) in [6.07, 6.45) is 5.92. The number of amides is 2. The van der Waals surface area contributed by atoms with Gasteiger partial charge < -0.3 is 16.4 Å². The first-order chi connectivity index (χ1) is 11.5. The van der Waals surface area contributed by atoms with Crippen LogP contribution in [0, 0.1) is 5.41 Å². The minimum absolute atomic E-state index is 0.0790. The molecule has 1 atom stereocenters. The van der Waals surface area contributed by atoms with Gasteiger partial charge in [-0.25, -0.2) is 0 Å². The lowest BCUT2D eigenvalue weighted by atomic mass is 9.71. The number of benzene rings is 1. The fourth-order valence-electron chi connectivity index (χ4n) is 3.39. The van der Waals surface area contributed by atoms with Crippen molar-refractivity contribution in [1.82, 2.24) is 10.6 Å². The minimum atomic E-state index is -0.542. The molecule has 0 bridgehead atoms. The molecule has 24 heavy (non-hydrogen) atoms. The van der Waals surface area contributed by atoms with E-state index in [1.807, 2.05) is 30.3 Å². The van der Waals surface area contributed by atoms with Gasteiger partial charge in [0.2, 0.25) is 11.8 Å². The fraction of sp³-hybridized carbons (Fsp3) is 0.579. The molecule has 1 aliphatic carbocycles. The van der Waals surface area contributed by atoms with Crippen molar-refractivity contribution in [2.75, 3.05) is 6.54 Å². The zero-order valence-electron chi connectivity index (χ0n) is 14.5. The molecular formula is C19H29N3O2. The van der Waals surface area contributed by atoms with E-state index in [9.17, 15) is 9.59 Å². The molecule has 0 saturated heterocycles. The van der Waals surface area contributed by atoms with E-state index in [4.69, 9.17) is 5.73 Å². The lowest BCUT2D eigenvalue weighted by Crippen LogP contribution is -2.47. The number of rotatable bonds is 7. The molecule has 132 valence electrons. The number of hydrogen-bond donors (Lipinski definition) is 3. The van der Waals surface area contributed by atoms with Crippen LogP contribution in [-0.2, 0) is 16.1 Å². The van der Waals surface area contributed by atoms with Crippen LogP contribution in [0.4, 0.5) is 0 Å². The summed E-state index contributed by atoms with van der Waals surface area (Å²) in [7, 11) is 0. The van der Waals surface area contributed by atoms with Gasteiger partial charge >= 0.3 is 0 Å². The van der Waals surface area contributed by atoms with Crippen LogP contribution < -0.4 is 16.4 Å². The van der Waals surface area contributed by atoms with Crippen molar-refractivity contribution in [3.63, 3.8) is 0 Å². The predicted octanol–water partition coefficient (Wildman–Crippen LogP) is 2.11. The van der Waals surface area contributed by atoms with Crippen LogP contribution in [-0.4, -0.2) is 24.4 Å². The second kappa shape index (κ2) is 8.83. The highest BCUT2D eigenvalue weighted by atomic mass is 16.2. The average molecular weight is 331 g/mol. The smallest absolute Gasteiger partial charge is 0.242 e. The van der Waals surface area contributed by atoms with Gasteiger partial charge in [0.25, 0.3) is 0 Å². The van der Waals surface area contributed by atoms with Crippen molar-refractivity contribution in [1.29, 1.82) is 0 Å². The number of nitrogens with two attached hydrogens (primary N) is 1. The maximum absolute atomic E-state index is 12.3. The van der Waals surface area contributed by atoms with Gasteiger partial charge in [-0.05, 0) is 37.3 Å². The highest BCUT2D eigenvalue weighted by Crippen LogP contribution is 2.38. The van der Waals surface area contributed by atoms with Gasteiger partial charge in [-0.3, -0.25) is 9.59 Å². The van der Waals surface area contributed by atoms with E-state index >= 15 is 0 Å². The Labute approximate surface area is 144 Å². The summed E-state index contributed by atoms with van der Waals surface area (Å²) in [4.78, 5) is 24.5. The molecule has 5 heteroatoms. The van der Waals surface area contributed by atoms with E-state index in [1.54, 1.807) is 6.92 Å². The summed E-state index contributed by atoms with van der Waals surface area (Å²) in [5.41, 5.74) is 6.88. The van der Waals surface area contributed by atoms with Crippen LogP contribution in [0.5, 0.6) is 0 Å². The topological polar surface area (TPSA) is 84.2 Å². The van der Waals surface area contributed by atoms with Crippen molar-refractivity contribution >= 4 is 11.8 Å². The van der Waals surface area contributed by atoms with E-state index in [1.165, 1.54) is 6.42 Å². The molecule has 0 aliphatic heterocycles. The van der Waals surface area contributed by atoms with E-state index < -0.39 is 6.04 Å². The Morgan fingerprint density at radius 3 is 2.46 bits per heavy atom. The van der Waals surface area contributed by atoms with Crippen LogP contribution in [0.1, 0.15) is 51.0 Å². The van der Waals surface area contributed by atoms with E-state index in [0.29, 0.717) is 19.5 Å². The molecule has 1 unspecified atom stereocenters. The third kappa shape index (κ3) is 5.34. The SMILES string of the molecule is CC(NC(=O)CC1(CN)CCCCC1)C(=O)NCc1ccccc1. The van der Waals surface area contributed by atoms with Gasteiger partial charge in [0.1, 0.15) is 6.04 Å². The maximum Gasteiger partial charge on any atom is 0.242 e. The fourth-order valence-corrected chi connectivity index (χ4v) is 3.39. The van der Waals surface area contributed by atoms with Gasteiger partial charge in [0.15, 0.2) is 0 Å². The minimum Gasteiger partial charge on any atom is -0.350 e. The summed E-state index contributed by atoms with van der Waals surface area (Å²) < 4.78 is 0. The molecule has 2 amide bonds. The molecule has 2 rings (SSSR count). The highest BCUT2D eigenvalue weighted by Gasteiger charge is 2.33. The lowest BCUT2D eigenvalue weighted by Gasteiger charge is -2.35. The molecule has 5 nitrogen and oxygen atoms in total. The van der Waals surface area contributed by atoms with Crippen molar-refractivity contribution in [3.8, 4) is 0 Å². The van der Waals surface area contributed by atoms with Gasteiger partial charge in [0, 0.05) is 13.0 Å². The first-order valence-corrected chi connectivity index (χ1v) is 8.86. The quantitative estimate of drug-likeness (QED) is 0.715. The van der Waals surface area contributed by atoms with Crippen LogP contribution >= 0.6 is 0 Å². The van der Waals surface area contributed by atoms with Crippen LogP contribution in [0.25, 0.3) is 0 Å². The summed E-state index contributed by atoms with van der Waals surface area (Å²) >= 11 is 0. The average Bonchev–Trinajstić information content (AvgIpc) is 2.61. The largest absolute Gasteiger partial charge is 0.350 e. The van der Waals surface area contributed by atoms with Gasteiger partial charge in [-0.1, -0.05) is 49.6 Å². The Kier molecular flexibility index (Phi) is 6.79. The van der Waals surface area contributed by atoms with Crippen LogP contribution in [0.3, 0.4) is 0 Å². The zero-order valence-corrected chi connectivity index (χ0v) is 14.5. The molecule has 1 fully saturated rings. The highest BCUT2D eigenvalue weighted by molar-refractivity contribution is 5.87. The number of nitrogens with one attached hydrogen (secondary N) is 2. The Morgan fingerprint density at radius 1 is 1.17 bits per heavy atom. The Hall–Kier alpha value is -1.88. The molecule has 1 aliphatic rings. The van der Waals surface area contributed by atoms with Gasteiger partial charge in [-0.2, -0.15) is 0 Å². The molecule has 0 radical (unpaired) electrons. The van der Waals surface area contributed by atoms with Crippen molar-refractivity contribution < 1.29 is 9.59 Å². The summed E-state index contributed by atoms with van der Waals surface area (Å²) in [6.45, 7) is 2.72. The predicted molar refractivity (Wildman–Crippen MR) is 95.1 cm³/mol. The second-order valence-corrected chi connectivity index (χ2v) is 6.93. The molecule has 0 spiro atoms. The number of hydrogen-bond acceptors (Lipinski definition) is 3. The van der Waals surface area contributed by atoms with Gasteiger partial charge in [0.05, 0.1) is 0 Å². The molecule has 1 saturated carbocycles. The van der Waals surface area contributed by atoms with Crippen molar-refractivity contribution in [2.24, 2.45) is 11.1 Å². The monoisotopic (exact) mass is 331 g/mol. The first-order valence-electron chi connectivity index (χ1n) is 8.86. The molecule has 1 aromatic rings. The first kappa shape index (κ1) is 18.5. The third-order valence-electron chi connectivity index (χ3n) is 4.96. The Morgan fingerprint density at radius 2 is 1.83 bits per heavy atom. The summed E-state index contributed by atoms with van der Waals surface area (Å²) in [5, 5.41) is 5.67. The van der Waals surface area contributed by atoms with Crippen molar-refractivity contribution in [2.45, 2.75) is 58.0 Å². The zero-order chi connectivity index (χ0) is 17.4. The van der Waals surface area contributed by atoms with Crippen LogP contribution in [0.15, 0.2) is 30.3 Å². The lowest BCUT2D eigenvalue weighted by molar-refractivity contribution is -0.130. The molecule has 1 aromatic carbocycles. The molecular weight excluding hydrogens is 302 g/mol. The molecule has 4 N–H and O–H groups in total. The third-order valence-corrected chi connectivity index (χ3v) is 4.96. The van der Waals surface area contributed by atoms with E-state index in [2.05, 4.69) is 10.6 Å². The van der Waals surface area contributed by atoms with Crippen molar-refractivity contribution in [3.05, 3.63) is 35.9 Å². The number of carbonyl (C=O) groups is 2.